The average Bonchev–Trinajstić information content (AvgIpc) is 3.16. The van der Waals surface area contributed by atoms with Crippen LogP contribution in [0.25, 0.3) is 11.1 Å². The second kappa shape index (κ2) is 12.7. The van der Waals surface area contributed by atoms with E-state index in [1.165, 1.54) is 17.9 Å². The van der Waals surface area contributed by atoms with Gasteiger partial charge in [0, 0.05) is 43.5 Å². The first kappa shape index (κ1) is 30.4. The highest BCUT2D eigenvalue weighted by atomic mass is 35.5. The van der Waals surface area contributed by atoms with Gasteiger partial charge in [-0.25, -0.2) is 4.79 Å². The molecule has 43 heavy (non-hydrogen) atoms. The van der Waals surface area contributed by atoms with Gasteiger partial charge in [0.15, 0.2) is 0 Å². The Labute approximate surface area is 255 Å². The van der Waals surface area contributed by atoms with Crippen LogP contribution in [0.1, 0.15) is 43.9 Å². The molecule has 0 unspecified atom stereocenters. The van der Waals surface area contributed by atoms with E-state index in [9.17, 15) is 19.2 Å². The van der Waals surface area contributed by atoms with Crippen LogP contribution in [0.5, 0.6) is 11.5 Å². The zero-order valence-corrected chi connectivity index (χ0v) is 25.7. The Morgan fingerprint density at radius 1 is 0.977 bits per heavy atom. The SMILES string of the molecule is COc1ccc2c(c1)CCN(C1CCN(C(=O)Cn3cc(-c4cccc(OC)c4Cl)c(=O)n(C(C)C)c3=O)CC1)C(=O)C2. The largest absolute Gasteiger partial charge is 0.497 e. The number of likely N-dealkylation sites (tertiary alicyclic amines) is 1. The molecular formula is C32H37ClN4O6. The van der Waals surface area contributed by atoms with Crippen molar-refractivity contribution in [3.8, 4) is 22.6 Å². The summed E-state index contributed by atoms with van der Waals surface area (Å²) in [7, 11) is 3.12. The minimum atomic E-state index is -0.558. The summed E-state index contributed by atoms with van der Waals surface area (Å²) in [5.41, 5.74) is 1.75. The number of hydrogen-bond acceptors (Lipinski definition) is 6. The third kappa shape index (κ3) is 6.06. The van der Waals surface area contributed by atoms with Crippen LogP contribution in [-0.4, -0.2) is 70.6 Å². The molecule has 0 spiro atoms. The Morgan fingerprint density at radius 2 is 1.72 bits per heavy atom. The number of halogens is 1. The zero-order valence-electron chi connectivity index (χ0n) is 25.0. The second-order valence-electron chi connectivity index (χ2n) is 11.3. The van der Waals surface area contributed by atoms with Gasteiger partial charge < -0.3 is 19.3 Å². The van der Waals surface area contributed by atoms with E-state index in [0.29, 0.717) is 50.2 Å². The molecule has 3 aromatic rings. The maximum Gasteiger partial charge on any atom is 0.331 e. The van der Waals surface area contributed by atoms with Gasteiger partial charge in [-0.05, 0) is 62.4 Å². The topological polar surface area (TPSA) is 103 Å². The minimum Gasteiger partial charge on any atom is -0.497 e. The molecule has 0 aliphatic carbocycles. The number of rotatable bonds is 7. The highest BCUT2D eigenvalue weighted by Gasteiger charge is 2.32. The van der Waals surface area contributed by atoms with Gasteiger partial charge >= 0.3 is 5.69 Å². The van der Waals surface area contributed by atoms with E-state index in [2.05, 4.69) is 0 Å². The van der Waals surface area contributed by atoms with Crippen molar-refractivity contribution in [1.29, 1.82) is 0 Å². The lowest BCUT2D eigenvalue weighted by atomic mass is 10.0. The summed E-state index contributed by atoms with van der Waals surface area (Å²) in [6, 6.07) is 10.6. The number of ether oxygens (including phenoxy) is 2. The Hall–Kier alpha value is -4.05. The maximum atomic E-state index is 13.5. The molecule has 11 heteroatoms. The number of amides is 2. The molecule has 2 aliphatic heterocycles. The number of fused-ring (bicyclic) bond motifs is 1. The van der Waals surface area contributed by atoms with E-state index >= 15 is 0 Å². The third-order valence-electron chi connectivity index (χ3n) is 8.44. The molecule has 10 nitrogen and oxygen atoms in total. The fourth-order valence-corrected chi connectivity index (χ4v) is 6.38. The molecule has 3 heterocycles. The minimum absolute atomic E-state index is 0.0418. The number of methoxy groups -OCH3 is 2. The summed E-state index contributed by atoms with van der Waals surface area (Å²) in [6.07, 6.45) is 3.83. The lowest BCUT2D eigenvalue weighted by Gasteiger charge is -2.38. The number of carbonyl (C=O) groups is 2. The number of nitrogens with zero attached hydrogens (tertiary/aromatic N) is 4. The third-order valence-corrected chi connectivity index (χ3v) is 8.83. The van der Waals surface area contributed by atoms with Crippen LogP contribution in [-0.2, 0) is 29.0 Å². The molecule has 1 aromatic heterocycles. The van der Waals surface area contributed by atoms with Gasteiger partial charge in [0.25, 0.3) is 5.56 Å². The second-order valence-corrected chi connectivity index (χ2v) is 11.7. The van der Waals surface area contributed by atoms with E-state index in [1.54, 1.807) is 44.1 Å². The van der Waals surface area contributed by atoms with E-state index < -0.39 is 17.3 Å². The molecule has 2 aliphatic rings. The zero-order chi connectivity index (χ0) is 30.8. The van der Waals surface area contributed by atoms with E-state index in [-0.39, 0.29) is 35.0 Å². The summed E-state index contributed by atoms with van der Waals surface area (Å²) in [4.78, 5) is 57.1. The highest BCUT2D eigenvalue weighted by molar-refractivity contribution is 6.34. The predicted octanol–water partition coefficient (Wildman–Crippen LogP) is 3.55. The highest BCUT2D eigenvalue weighted by Crippen LogP contribution is 2.33. The molecule has 1 fully saturated rings. The monoisotopic (exact) mass is 608 g/mol. The van der Waals surface area contributed by atoms with Crippen LogP contribution >= 0.6 is 11.6 Å². The molecule has 0 saturated carbocycles. The Morgan fingerprint density at radius 3 is 2.40 bits per heavy atom. The number of piperidine rings is 1. The van der Waals surface area contributed by atoms with Crippen molar-refractivity contribution in [2.24, 2.45) is 0 Å². The first-order valence-corrected chi connectivity index (χ1v) is 14.9. The first-order chi connectivity index (χ1) is 20.6. The van der Waals surface area contributed by atoms with E-state index in [0.717, 1.165) is 27.9 Å². The van der Waals surface area contributed by atoms with Gasteiger partial charge in [0.05, 0.1) is 31.2 Å². The molecular weight excluding hydrogens is 572 g/mol. The lowest BCUT2D eigenvalue weighted by Crippen LogP contribution is -2.50. The van der Waals surface area contributed by atoms with Crippen LogP contribution in [0.15, 0.2) is 52.2 Å². The standard InChI is InChI=1S/C32H37ClN4O6/c1-20(2)37-31(40)26(25-6-5-7-27(43-4)30(25)33)18-35(32(37)41)19-29(39)34-13-11-23(12-14-34)36-15-10-22-16-24(42-3)9-8-21(22)17-28(36)38/h5-9,16,18,20,23H,10-15,17,19H2,1-4H3. The molecule has 2 aromatic carbocycles. The molecule has 228 valence electrons. The predicted molar refractivity (Wildman–Crippen MR) is 164 cm³/mol. The van der Waals surface area contributed by atoms with E-state index in [1.807, 2.05) is 23.1 Å². The van der Waals surface area contributed by atoms with Gasteiger partial charge in [0.2, 0.25) is 11.8 Å². The Bertz CT molecular complexity index is 1650. The summed E-state index contributed by atoms with van der Waals surface area (Å²) in [5, 5.41) is 0.251. The van der Waals surface area contributed by atoms with Crippen molar-refractivity contribution in [2.45, 2.75) is 58.2 Å². The van der Waals surface area contributed by atoms with Gasteiger partial charge in [-0.15, -0.1) is 0 Å². The number of carbonyl (C=O) groups excluding carboxylic acids is 2. The van der Waals surface area contributed by atoms with Crippen molar-refractivity contribution in [1.82, 2.24) is 18.9 Å². The molecule has 0 N–H and O–H groups in total. The molecule has 5 rings (SSSR count). The quantitative estimate of drug-likeness (QED) is 0.407. The van der Waals surface area contributed by atoms with Crippen molar-refractivity contribution < 1.29 is 19.1 Å². The average molecular weight is 609 g/mol. The molecule has 0 atom stereocenters. The summed E-state index contributed by atoms with van der Waals surface area (Å²) in [5.74, 6) is 1.06. The molecule has 0 radical (unpaired) electrons. The summed E-state index contributed by atoms with van der Waals surface area (Å²) in [6.45, 7) is 4.85. The fraction of sp³-hybridized carbons (Fsp3) is 0.438. The van der Waals surface area contributed by atoms with Gasteiger partial charge in [-0.1, -0.05) is 29.8 Å². The lowest BCUT2D eigenvalue weighted by molar-refractivity contribution is -0.136. The van der Waals surface area contributed by atoms with Crippen LogP contribution in [0.3, 0.4) is 0 Å². The van der Waals surface area contributed by atoms with Crippen LogP contribution in [0.4, 0.5) is 0 Å². The number of benzene rings is 2. The number of aromatic nitrogens is 2. The van der Waals surface area contributed by atoms with Crippen molar-refractivity contribution in [3.63, 3.8) is 0 Å². The van der Waals surface area contributed by atoms with Crippen LogP contribution in [0, 0.1) is 0 Å². The van der Waals surface area contributed by atoms with Gasteiger partial charge in [0.1, 0.15) is 18.0 Å². The van der Waals surface area contributed by atoms with Crippen molar-refractivity contribution in [3.05, 3.63) is 79.6 Å². The van der Waals surface area contributed by atoms with Crippen LogP contribution in [0.2, 0.25) is 5.02 Å². The Kier molecular flexibility index (Phi) is 8.96. The van der Waals surface area contributed by atoms with Crippen LogP contribution < -0.4 is 20.7 Å². The van der Waals surface area contributed by atoms with Gasteiger partial charge in [-0.3, -0.25) is 23.5 Å². The van der Waals surface area contributed by atoms with Crippen molar-refractivity contribution in [2.75, 3.05) is 33.9 Å². The summed E-state index contributed by atoms with van der Waals surface area (Å²) >= 11 is 6.54. The molecule has 2 amide bonds. The molecule has 0 bridgehead atoms. The first-order valence-electron chi connectivity index (χ1n) is 14.5. The molecule has 1 saturated heterocycles. The fourth-order valence-electron chi connectivity index (χ4n) is 6.07. The maximum absolute atomic E-state index is 13.5. The normalized spacial score (nSPS) is 15.8. The van der Waals surface area contributed by atoms with Gasteiger partial charge in [-0.2, -0.15) is 0 Å². The smallest absolute Gasteiger partial charge is 0.331 e. The summed E-state index contributed by atoms with van der Waals surface area (Å²) < 4.78 is 13.1. The van der Waals surface area contributed by atoms with Crippen molar-refractivity contribution >= 4 is 23.4 Å². The number of hydrogen-bond donors (Lipinski definition) is 0. The Balaban J connectivity index is 1.31. The van der Waals surface area contributed by atoms with E-state index in [4.69, 9.17) is 21.1 Å².